The van der Waals surface area contributed by atoms with Gasteiger partial charge in [-0.25, -0.2) is 0 Å². The fraction of sp³-hybridized carbons (Fsp3) is 0.867. The highest BCUT2D eigenvalue weighted by atomic mass is 16.8. The number of hydrogen-bond acceptors (Lipinski definition) is 6. The van der Waals surface area contributed by atoms with Crippen LogP contribution in [0.2, 0.25) is 0 Å². The van der Waals surface area contributed by atoms with Crippen molar-refractivity contribution in [1.82, 2.24) is 0 Å². The van der Waals surface area contributed by atoms with Gasteiger partial charge in [-0.1, -0.05) is 0 Å². The molecule has 5 atom stereocenters. The molecule has 2 aliphatic heterocycles. The summed E-state index contributed by atoms with van der Waals surface area (Å²) in [5.41, 5.74) is -0.429. The van der Waals surface area contributed by atoms with Crippen molar-refractivity contribution >= 4 is 11.9 Å². The van der Waals surface area contributed by atoms with E-state index in [0.29, 0.717) is 12.8 Å². The molecule has 0 bridgehead atoms. The van der Waals surface area contributed by atoms with Crippen molar-refractivity contribution in [2.75, 3.05) is 6.61 Å². The Labute approximate surface area is 124 Å². The molecular formula is C15H22O6. The van der Waals surface area contributed by atoms with Gasteiger partial charge < -0.3 is 18.9 Å². The van der Waals surface area contributed by atoms with Crippen LogP contribution in [0.15, 0.2) is 0 Å². The van der Waals surface area contributed by atoms with E-state index < -0.39 is 17.3 Å². The third-order valence-corrected chi connectivity index (χ3v) is 4.71. The minimum Gasteiger partial charge on any atom is -0.465 e. The normalized spacial score (nSPS) is 43.9. The maximum atomic E-state index is 12.0. The number of carbonyl (C=O) groups excluding carboxylic acids is 2. The van der Waals surface area contributed by atoms with E-state index >= 15 is 0 Å². The molecule has 3 fully saturated rings. The molecule has 6 nitrogen and oxygen atoms in total. The minimum absolute atomic E-state index is 0.0208. The number of ether oxygens (including phenoxy) is 4. The molecule has 3 aliphatic rings. The minimum atomic E-state index is -0.618. The molecule has 2 heterocycles. The van der Waals surface area contributed by atoms with Gasteiger partial charge >= 0.3 is 11.9 Å². The summed E-state index contributed by atoms with van der Waals surface area (Å²) >= 11 is 0. The molecule has 6 heteroatoms. The summed E-state index contributed by atoms with van der Waals surface area (Å²) in [5.74, 6) is -1.65. The summed E-state index contributed by atoms with van der Waals surface area (Å²) in [7, 11) is 0. The Morgan fingerprint density at radius 3 is 2.76 bits per heavy atom. The molecule has 0 aromatic heterocycles. The Bertz CT molecular complexity index is 473. The van der Waals surface area contributed by atoms with Gasteiger partial charge in [0.1, 0.15) is 12.7 Å². The summed E-state index contributed by atoms with van der Waals surface area (Å²) < 4.78 is 22.5. The van der Waals surface area contributed by atoms with Crippen molar-refractivity contribution in [2.24, 2.45) is 11.8 Å². The van der Waals surface area contributed by atoms with Gasteiger partial charge in [0.15, 0.2) is 5.79 Å². The van der Waals surface area contributed by atoms with Crippen molar-refractivity contribution in [3.05, 3.63) is 0 Å². The van der Waals surface area contributed by atoms with Crippen LogP contribution in [0.1, 0.15) is 40.5 Å². The average Bonchev–Trinajstić information content (AvgIpc) is 2.73. The lowest BCUT2D eigenvalue weighted by molar-refractivity contribution is -0.165. The predicted molar refractivity (Wildman–Crippen MR) is 71.2 cm³/mol. The largest absolute Gasteiger partial charge is 0.465 e. The second-order valence-electron chi connectivity index (χ2n) is 6.91. The number of carbonyl (C=O) groups is 2. The maximum Gasteiger partial charge on any atom is 0.313 e. The molecule has 0 aromatic rings. The van der Waals surface area contributed by atoms with Crippen molar-refractivity contribution in [3.63, 3.8) is 0 Å². The lowest BCUT2D eigenvalue weighted by Crippen LogP contribution is -2.48. The first-order valence-corrected chi connectivity index (χ1v) is 7.42. The van der Waals surface area contributed by atoms with Gasteiger partial charge in [0, 0.05) is 19.3 Å². The van der Waals surface area contributed by atoms with Crippen LogP contribution in [0.4, 0.5) is 0 Å². The first-order valence-electron chi connectivity index (χ1n) is 7.42. The molecule has 0 amide bonds. The van der Waals surface area contributed by atoms with Gasteiger partial charge in [0.25, 0.3) is 0 Å². The lowest BCUT2D eigenvalue weighted by Gasteiger charge is -2.39. The highest BCUT2D eigenvalue weighted by Gasteiger charge is 2.60. The van der Waals surface area contributed by atoms with Crippen molar-refractivity contribution in [3.8, 4) is 0 Å². The summed E-state index contributed by atoms with van der Waals surface area (Å²) in [5, 5.41) is 0. The van der Waals surface area contributed by atoms with E-state index in [0.717, 1.165) is 0 Å². The Hall–Kier alpha value is -1.14. The molecule has 0 radical (unpaired) electrons. The molecule has 0 spiro atoms. The third kappa shape index (κ3) is 2.55. The van der Waals surface area contributed by atoms with E-state index in [1.807, 2.05) is 20.8 Å². The summed E-state index contributed by atoms with van der Waals surface area (Å²) in [6, 6.07) is 0. The van der Waals surface area contributed by atoms with Crippen LogP contribution in [-0.2, 0) is 28.5 Å². The van der Waals surface area contributed by atoms with E-state index in [1.54, 1.807) is 0 Å². The fourth-order valence-corrected chi connectivity index (χ4v) is 3.90. The molecule has 0 N–H and O–H groups in total. The zero-order chi connectivity index (χ0) is 15.4. The number of fused-ring (bicyclic) bond motifs is 2. The quantitative estimate of drug-likeness (QED) is 0.718. The topological polar surface area (TPSA) is 71.1 Å². The monoisotopic (exact) mass is 298 g/mol. The third-order valence-electron chi connectivity index (χ3n) is 4.71. The number of esters is 2. The summed E-state index contributed by atoms with van der Waals surface area (Å²) in [6.45, 7) is 7.23. The van der Waals surface area contributed by atoms with Gasteiger partial charge in [-0.05, 0) is 27.2 Å². The molecule has 21 heavy (non-hydrogen) atoms. The molecule has 1 saturated carbocycles. The van der Waals surface area contributed by atoms with Gasteiger partial charge in [-0.3, -0.25) is 9.59 Å². The highest BCUT2D eigenvalue weighted by Crippen LogP contribution is 2.50. The van der Waals surface area contributed by atoms with Gasteiger partial charge in [-0.2, -0.15) is 0 Å². The smallest absolute Gasteiger partial charge is 0.313 e. The lowest BCUT2D eigenvalue weighted by atomic mass is 9.72. The second-order valence-corrected chi connectivity index (χ2v) is 6.91. The molecular weight excluding hydrogens is 276 g/mol. The van der Waals surface area contributed by atoms with Crippen LogP contribution >= 0.6 is 0 Å². The van der Waals surface area contributed by atoms with E-state index in [4.69, 9.17) is 18.9 Å². The molecule has 3 rings (SSSR count). The molecule has 1 aliphatic carbocycles. The van der Waals surface area contributed by atoms with Crippen LogP contribution in [-0.4, -0.2) is 42.1 Å². The van der Waals surface area contributed by atoms with Crippen molar-refractivity contribution in [1.29, 1.82) is 0 Å². The Balaban J connectivity index is 1.75. The maximum absolute atomic E-state index is 12.0. The Morgan fingerprint density at radius 1 is 1.38 bits per heavy atom. The Kier molecular flexibility index (Phi) is 3.29. The average molecular weight is 298 g/mol. The molecule has 0 unspecified atom stereocenters. The highest BCUT2D eigenvalue weighted by molar-refractivity contribution is 5.76. The second kappa shape index (κ2) is 4.68. The van der Waals surface area contributed by atoms with Gasteiger partial charge in [0.05, 0.1) is 17.6 Å². The van der Waals surface area contributed by atoms with Gasteiger partial charge in [0.2, 0.25) is 0 Å². The van der Waals surface area contributed by atoms with Crippen molar-refractivity contribution in [2.45, 2.75) is 64.1 Å². The van der Waals surface area contributed by atoms with Gasteiger partial charge in [-0.15, -0.1) is 0 Å². The fourth-order valence-electron chi connectivity index (χ4n) is 3.90. The molecule has 2 saturated heterocycles. The van der Waals surface area contributed by atoms with Crippen LogP contribution in [0.5, 0.6) is 0 Å². The van der Waals surface area contributed by atoms with Crippen LogP contribution in [0.25, 0.3) is 0 Å². The van der Waals surface area contributed by atoms with E-state index in [2.05, 4.69) is 0 Å². The number of rotatable bonds is 2. The van der Waals surface area contributed by atoms with Crippen LogP contribution in [0, 0.1) is 11.8 Å². The standard InChI is InChI=1S/C15H22O6/c1-8(16)18-7-10-9-5-12-15(4,21-14(2,3)20-12)6-11(9)19-13(10)17/h9-12H,5-7H2,1-4H3/t9-,10-,11-,12-,15+/m1/s1. The SMILES string of the molecule is CC(=O)OC[C@H]1C(=O)O[C@@H]2C[C@]3(C)OC(C)(C)O[C@@H]3C[C@@H]21. The Morgan fingerprint density at radius 2 is 2.10 bits per heavy atom. The van der Waals surface area contributed by atoms with E-state index in [1.165, 1.54) is 6.92 Å². The summed E-state index contributed by atoms with van der Waals surface area (Å²) in [6.07, 6.45) is 1.05. The van der Waals surface area contributed by atoms with E-state index in [-0.39, 0.29) is 36.7 Å². The zero-order valence-corrected chi connectivity index (χ0v) is 12.9. The van der Waals surface area contributed by atoms with Crippen LogP contribution < -0.4 is 0 Å². The zero-order valence-electron chi connectivity index (χ0n) is 12.9. The van der Waals surface area contributed by atoms with Crippen molar-refractivity contribution < 1.29 is 28.5 Å². The van der Waals surface area contributed by atoms with E-state index in [9.17, 15) is 9.59 Å². The first kappa shape index (κ1) is 14.8. The van der Waals surface area contributed by atoms with Crippen LogP contribution in [0.3, 0.4) is 0 Å². The molecule has 0 aromatic carbocycles. The first-order chi connectivity index (χ1) is 9.70. The number of hydrogen-bond donors (Lipinski definition) is 0. The molecule has 118 valence electrons. The predicted octanol–water partition coefficient (Wildman–Crippen LogP) is 1.41. The summed E-state index contributed by atoms with van der Waals surface area (Å²) in [4.78, 5) is 23.0.